The molecule has 0 saturated heterocycles. The molecule has 1 aromatic heterocycles. The number of para-hydroxylation sites is 1. The van der Waals surface area contributed by atoms with E-state index in [1.807, 2.05) is 0 Å². The summed E-state index contributed by atoms with van der Waals surface area (Å²) in [5.41, 5.74) is 11.5. The molecule has 0 N–H and O–H groups in total. The van der Waals surface area contributed by atoms with Crippen molar-refractivity contribution in [2.45, 2.75) is 0 Å². The minimum atomic E-state index is 0.902. The van der Waals surface area contributed by atoms with Gasteiger partial charge in [-0.3, -0.25) is 0 Å². The van der Waals surface area contributed by atoms with Crippen LogP contribution in [0.2, 0.25) is 0 Å². The average molecular weight is 623 g/mol. The molecule has 1 heteroatoms. The zero-order chi connectivity index (χ0) is 32.3. The highest BCUT2D eigenvalue weighted by atomic mass is 16.3. The normalized spacial score (nSPS) is 11.7. The van der Waals surface area contributed by atoms with Gasteiger partial charge in [0.2, 0.25) is 0 Å². The van der Waals surface area contributed by atoms with Crippen LogP contribution >= 0.6 is 0 Å². The second kappa shape index (κ2) is 11.1. The Morgan fingerprint density at radius 3 is 1.33 bits per heavy atom. The third-order valence-corrected chi connectivity index (χ3v) is 10.1. The molecule has 0 bridgehead atoms. The Morgan fingerprint density at radius 1 is 0.265 bits per heavy atom. The Hall–Kier alpha value is -6.44. The van der Waals surface area contributed by atoms with Gasteiger partial charge in [0.05, 0.1) is 0 Å². The first-order chi connectivity index (χ1) is 24.3. The molecule has 0 radical (unpaired) electrons. The molecular weight excluding hydrogens is 593 g/mol. The standard InChI is InChI=1S/C48H30O/c1-3-15-31(16-4-1)33-27-29-42(47-43-25-13-14-26-44(43)49-48(33)47)36-28-30-41(35-20-8-7-19-34(35)36)46-39-23-11-9-21-37(39)45(32-17-5-2-6-18-32)38-22-10-12-24-40(38)46/h1-30H. The van der Waals surface area contributed by atoms with Gasteiger partial charge in [-0.15, -0.1) is 0 Å². The second-order valence-corrected chi connectivity index (χ2v) is 12.7. The van der Waals surface area contributed by atoms with Gasteiger partial charge in [0, 0.05) is 16.3 Å². The third-order valence-electron chi connectivity index (χ3n) is 10.1. The monoisotopic (exact) mass is 622 g/mol. The van der Waals surface area contributed by atoms with E-state index in [1.165, 1.54) is 65.7 Å². The van der Waals surface area contributed by atoms with Gasteiger partial charge in [-0.25, -0.2) is 0 Å². The van der Waals surface area contributed by atoms with Crippen molar-refractivity contribution in [3.8, 4) is 44.5 Å². The lowest BCUT2D eigenvalue weighted by Crippen LogP contribution is -1.92. The molecule has 0 aliphatic carbocycles. The molecule has 0 fully saturated rings. The summed E-state index contributed by atoms with van der Waals surface area (Å²) in [6.45, 7) is 0. The van der Waals surface area contributed by atoms with Crippen LogP contribution in [0.15, 0.2) is 186 Å². The summed E-state index contributed by atoms with van der Waals surface area (Å²) in [6, 6.07) is 65.6. The van der Waals surface area contributed by atoms with E-state index in [9.17, 15) is 0 Å². The Balaban J connectivity index is 1.28. The van der Waals surface area contributed by atoms with Crippen molar-refractivity contribution in [2.75, 3.05) is 0 Å². The highest BCUT2D eigenvalue weighted by Gasteiger charge is 2.21. The molecule has 0 unspecified atom stereocenters. The number of hydrogen-bond donors (Lipinski definition) is 0. The highest BCUT2D eigenvalue weighted by molar-refractivity contribution is 6.25. The van der Waals surface area contributed by atoms with Crippen molar-refractivity contribution in [3.05, 3.63) is 182 Å². The molecular formula is C48H30O. The van der Waals surface area contributed by atoms with Gasteiger partial charge in [0.15, 0.2) is 0 Å². The van der Waals surface area contributed by atoms with Gasteiger partial charge >= 0.3 is 0 Å². The van der Waals surface area contributed by atoms with Crippen molar-refractivity contribution in [3.63, 3.8) is 0 Å². The fraction of sp³-hybridized carbons (Fsp3) is 0. The highest BCUT2D eigenvalue weighted by Crippen LogP contribution is 2.48. The molecule has 10 aromatic rings. The second-order valence-electron chi connectivity index (χ2n) is 12.7. The van der Waals surface area contributed by atoms with Crippen LogP contribution in [0.25, 0.3) is 98.8 Å². The Bertz CT molecular complexity index is 2800. The predicted octanol–water partition coefficient (Wildman–Crippen LogP) is 13.7. The van der Waals surface area contributed by atoms with E-state index in [2.05, 4.69) is 182 Å². The number of furan rings is 1. The minimum Gasteiger partial charge on any atom is -0.455 e. The van der Waals surface area contributed by atoms with Gasteiger partial charge in [-0.05, 0) is 83.4 Å². The van der Waals surface area contributed by atoms with Crippen LogP contribution in [0, 0.1) is 0 Å². The molecule has 10 rings (SSSR count). The van der Waals surface area contributed by atoms with Crippen molar-refractivity contribution >= 4 is 54.3 Å². The van der Waals surface area contributed by atoms with Gasteiger partial charge in [0.25, 0.3) is 0 Å². The largest absolute Gasteiger partial charge is 0.455 e. The first-order valence-electron chi connectivity index (χ1n) is 16.9. The quantitative estimate of drug-likeness (QED) is 0.178. The molecule has 0 atom stereocenters. The molecule has 1 heterocycles. The van der Waals surface area contributed by atoms with Gasteiger partial charge in [-0.2, -0.15) is 0 Å². The molecule has 0 aliphatic heterocycles. The third kappa shape index (κ3) is 4.26. The van der Waals surface area contributed by atoms with Crippen molar-refractivity contribution < 1.29 is 4.42 Å². The summed E-state index contributed by atoms with van der Waals surface area (Å²) in [6.07, 6.45) is 0. The van der Waals surface area contributed by atoms with Gasteiger partial charge in [-0.1, -0.05) is 170 Å². The maximum atomic E-state index is 6.65. The minimum absolute atomic E-state index is 0.902. The van der Waals surface area contributed by atoms with Gasteiger partial charge < -0.3 is 4.42 Å². The van der Waals surface area contributed by atoms with Crippen molar-refractivity contribution in [2.24, 2.45) is 0 Å². The molecule has 1 nitrogen and oxygen atoms in total. The van der Waals surface area contributed by atoms with E-state index in [0.29, 0.717) is 0 Å². The maximum absolute atomic E-state index is 6.65. The zero-order valence-corrected chi connectivity index (χ0v) is 26.7. The number of hydrogen-bond acceptors (Lipinski definition) is 1. The topological polar surface area (TPSA) is 13.1 Å². The lowest BCUT2D eigenvalue weighted by Gasteiger charge is -2.20. The lowest BCUT2D eigenvalue weighted by atomic mass is 9.83. The van der Waals surface area contributed by atoms with Gasteiger partial charge in [0.1, 0.15) is 11.2 Å². The van der Waals surface area contributed by atoms with E-state index in [4.69, 9.17) is 4.42 Å². The van der Waals surface area contributed by atoms with Crippen LogP contribution in [0.1, 0.15) is 0 Å². The van der Waals surface area contributed by atoms with E-state index in [0.717, 1.165) is 33.1 Å². The molecule has 49 heavy (non-hydrogen) atoms. The van der Waals surface area contributed by atoms with Crippen molar-refractivity contribution in [1.29, 1.82) is 0 Å². The summed E-state index contributed by atoms with van der Waals surface area (Å²) < 4.78 is 6.65. The molecule has 0 spiro atoms. The van der Waals surface area contributed by atoms with Crippen LogP contribution < -0.4 is 0 Å². The number of benzene rings is 9. The molecule has 0 saturated carbocycles. The van der Waals surface area contributed by atoms with E-state index >= 15 is 0 Å². The molecule has 0 aliphatic rings. The van der Waals surface area contributed by atoms with Crippen molar-refractivity contribution in [1.82, 2.24) is 0 Å². The molecule has 0 amide bonds. The summed E-state index contributed by atoms with van der Waals surface area (Å²) in [5.74, 6) is 0. The molecule has 228 valence electrons. The Labute approximate surface area is 284 Å². The Kier molecular flexibility index (Phi) is 6.25. The first kappa shape index (κ1) is 27.7. The summed E-state index contributed by atoms with van der Waals surface area (Å²) in [5, 5.41) is 9.78. The van der Waals surface area contributed by atoms with Crippen LogP contribution in [-0.2, 0) is 0 Å². The lowest BCUT2D eigenvalue weighted by molar-refractivity contribution is 0.670. The van der Waals surface area contributed by atoms with Crippen LogP contribution in [-0.4, -0.2) is 0 Å². The maximum Gasteiger partial charge on any atom is 0.143 e. The molecule has 9 aromatic carbocycles. The number of fused-ring (bicyclic) bond motifs is 6. The Morgan fingerprint density at radius 2 is 0.694 bits per heavy atom. The smallest absolute Gasteiger partial charge is 0.143 e. The van der Waals surface area contributed by atoms with E-state index < -0.39 is 0 Å². The zero-order valence-electron chi connectivity index (χ0n) is 26.7. The summed E-state index contributed by atoms with van der Waals surface area (Å²) in [7, 11) is 0. The first-order valence-corrected chi connectivity index (χ1v) is 16.9. The predicted molar refractivity (Wildman–Crippen MR) is 208 cm³/mol. The van der Waals surface area contributed by atoms with E-state index in [1.54, 1.807) is 0 Å². The van der Waals surface area contributed by atoms with Crippen LogP contribution in [0.4, 0.5) is 0 Å². The number of rotatable bonds is 4. The van der Waals surface area contributed by atoms with E-state index in [-0.39, 0.29) is 0 Å². The average Bonchev–Trinajstić information content (AvgIpc) is 3.57. The fourth-order valence-electron chi connectivity index (χ4n) is 7.98. The SMILES string of the molecule is c1ccc(-c2c3ccccc3c(-c3ccc(-c4ccc(-c5ccccc5)c5oc6ccccc6c45)c4ccccc34)c3ccccc23)cc1. The summed E-state index contributed by atoms with van der Waals surface area (Å²) in [4.78, 5) is 0. The fourth-order valence-corrected chi connectivity index (χ4v) is 7.98. The van der Waals surface area contributed by atoms with Crippen LogP contribution in [0.3, 0.4) is 0 Å². The van der Waals surface area contributed by atoms with Crippen LogP contribution in [0.5, 0.6) is 0 Å². The summed E-state index contributed by atoms with van der Waals surface area (Å²) >= 11 is 0.